The van der Waals surface area contributed by atoms with Crippen molar-refractivity contribution in [2.24, 2.45) is 0 Å². The fourth-order valence-electron chi connectivity index (χ4n) is 1.23. The number of nitrogens with two attached hydrogens (primary N) is 1. The maximum atomic E-state index is 5.58. The molecule has 2 nitrogen and oxygen atoms in total. The number of anilines is 1. The van der Waals surface area contributed by atoms with Crippen molar-refractivity contribution in [3.05, 3.63) is 47.7 Å². The highest BCUT2D eigenvalue weighted by molar-refractivity contribution is 5.68. The Morgan fingerprint density at radius 2 is 1.62 bits per heavy atom. The number of hydrogen-bond donors (Lipinski definition) is 1. The fraction of sp³-hybridized carbons (Fsp3) is 0. The Labute approximate surface area is 77.1 Å². The Bertz CT molecular complexity index is 401. The van der Waals surface area contributed by atoms with Gasteiger partial charge in [0.1, 0.15) is 5.82 Å². The van der Waals surface area contributed by atoms with Gasteiger partial charge >= 0.3 is 0 Å². The molecule has 0 bridgehead atoms. The maximum Gasteiger partial charge on any atom is 0.123 e. The number of nitrogen functional groups attached to an aromatic ring is 1. The molecule has 2 N–H and O–H groups in total. The van der Waals surface area contributed by atoms with E-state index in [2.05, 4.69) is 4.98 Å². The molecule has 1 heterocycles. The molecule has 1 aromatic heterocycles. The first-order valence-corrected chi connectivity index (χ1v) is 4.13. The zero-order valence-electron chi connectivity index (χ0n) is 7.14. The van der Waals surface area contributed by atoms with Crippen LogP contribution in [0.3, 0.4) is 0 Å². The minimum absolute atomic E-state index is 0.557. The third-order valence-electron chi connectivity index (χ3n) is 1.87. The Hall–Kier alpha value is -1.83. The van der Waals surface area contributed by atoms with Crippen LogP contribution >= 0.6 is 0 Å². The first-order valence-electron chi connectivity index (χ1n) is 4.13. The Balaban J connectivity index is 2.56. The zero-order chi connectivity index (χ0) is 9.10. The van der Waals surface area contributed by atoms with Crippen molar-refractivity contribution < 1.29 is 0 Å². The second kappa shape index (κ2) is 3.27. The lowest BCUT2D eigenvalue weighted by Gasteiger charge is -2.02. The van der Waals surface area contributed by atoms with Crippen molar-refractivity contribution in [1.29, 1.82) is 0 Å². The van der Waals surface area contributed by atoms with Gasteiger partial charge in [0.05, 0.1) is 0 Å². The summed E-state index contributed by atoms with van der Waals surface area (Å²) in [5, 5.41) is 0. The molecule has 0 spiro atoms. The number of allylic oxidation sites excluding steroid dienone is 4. The predicted octanol–water partition coefficient (Wildman–Crippen LogP) is 2.26. The standard InChI is InChI=1S/C11H10N2/c12-11-7-9-5-3-1-2-4-6-10(9)8-13-11/h1-8H,(H2,12,13)/b2-1-,3-1?,4-2?,5-3-,6-4-,9-5?,10-6?. The average Bonchev–Trinajstić information content (AvgIpc) is 2.08. The molecule has 0 fully saturated rings. The molecular formula is C11H10N2. The smallest absolute Gasteiger partial charge is 0.123 e. The Morgan fingerprint density at radius 3 is 2.38 bits per heavy atom. The van der Waals surface area contributed by atoms with E-state index >= 15 is 0 Å². The minimum Gasteiger partial charge on any atom is -0.384 e. The third-order valence-corrected chi connectivity index (χ3v) is 1.87. The van der Waals surface area contributed by atoms with Crippen molar-refractivity contribution in [3.8, 4) is 0 Å². The van der Waals surface area contributed by atoms with E-state index in [1.54, 1.807) is 6.20 Å². The highest BCUT2D eigenvalue weighted by Crippen LogP contribution is 2.15. The molecule has 64 valence electrons. The van der Waals surface area contributed by atoms with Crippen LogP contribution in [0.15, 0.2) is 36.6 Å². The summed E-state index contributed by atoms with van der Waals surface area (Å²) in [6.07, 6.45) is 13.8. The SMILES string of the molecule is Nc1cc2c(cn1)\C=C/C=C\C=C/2. The highest BCUT2D eigenvalue weighted by atomic mass is 14.8. The van der Waals surface area contributed by atoms with E-state index in [1.165, 1.54) is 0 Å². The Kier molecular flexibility index (Phi) is 1.96. The van der Waals surface area contributed by atoms with Crippen LogP contribution in [0.25, 0.3) is 12.2 Å². The van der Waals surface area contributed by atoms with Gasteiger partial charge in [-0.25, -0.2) is 4.98 Å². The van der Waals surface area contributed by atoms with Crippen LogP contribution in [0, 0.1) is 0 Å². The van der Waals surface area contributed by atoms with Gasteiger partial charge in [0, 0.05) is 11.8 Å². The number of aromatic nitrogens is 1. The van der Waals surface area contributed by atoms with E-state index in [4.69, 9.17) is 5.73 Å². The molecule has 1 aliphatic rings. The van der Waals surface area contributed by atoms with Gasteiger partial charge in [0.15, 0.2) is 0 Å². The van der Waals surface area contributed by atoms with Crippen LogP contribution in [0.1, 0.15) is 11.1 Å². The summed E-state index contributed by atoms with van der Waals surface area (Å²) in [6, 6.07) is 1.87. The quantitative estimate of drug-likeness (QED) is 0.648. The van der Waals surface area contributed by atoms with Crippen LogP contribution in [0.5, 0.6) is 0 Å². The van der Waals surface area contributed by atoms with E-state index in [-0.39, 0.29) is 0 Å². The second-order valence-electron chi connectivity index (χ2n) is 2.84. The molecule has 0 radical (unpaired) electrons. The first-order chi connectivity index (χ1) is 6.36. The topological polar surface area (TPSA) is 38.9 Å². The number of fused-ring (bicyclic) bond motifs is 1. The molecule has 13 heavy (non-hydrogen) atoms. The second-order valence-corrected chi connectivity index (χ2v) is 2.84. The van der Waals surface area contributed by atoms with Gasteiger partial charge in [-0.1, -0.05) is 36.5 Å². The van der Waals surface area contributed by atoms with Crippen molar-refractivity contribution in [2.75, 3.05) is 5.73 Å². The number of pyridine rings is 1. The molecule has 0 aromatic carbocycles. The molecule has 1 aliphatic carbocycles. The summed E-state index contributed by atoms with van der Waals surface area (Å²) >= 11 is 0. The summed E-state index contributed by atoms with van der Waals surface area (Å²) < 4.78 is 0. The average molecular weight is 170 g/mol. The van der Waals surface area contributed by atoms with Gasteiger partial charge in [-0.15, -0.1) is 0 Å². The summed E-state index contributed by atoms with van der Waals surface area (Å²) in [4.78, 5) is 4.03. The van der Waals surface area contributed by atoms with Crippen LogP contribution < -0.4 is 5.73 Å². The number of nitrogens with zero attached hydrogens (tertiary/aromatic N) is 1. The summed E-state index contributed by atoms with van der Waals surface area (Å²) in [5.41, 5.74) is 7.78. The van der Waals surface area contributed by atoms with Crippen LogP contribution in [0.4, 0.5) is 5.82 Å². The minimum atomic E-state index is 0.557. The first kappa shape index (κ1) is 7.80. The zero-order valence-corrected chi connectivity index (χ0v) is 7.14. The lowest BCUT2D eigenvalue weighted by molar-refractivity contribution is 1.32. The lowest BCUT2D eigenvalue weighted by atomic mass is 10.1. The van der Waals surface area contributed by atoms with E-state index in [1.807, 2.05) is 42.5 Å². The number of hydrogen-bond acceptors (Lipinski definition) is 2. The predicted molar refractivity (Wildman–Crippen MR) is 55.9 cm³/mol. The number of rotatable bonds is 0. The molecule has 1 aromatic rings. The van der Waals surface area contributed by atoms with Crippen LogP contribution in [-0.4, -0.2) is 4.98 Å². The van der Waals surface area contributed by atoms with Crippen molar-refractivity contribution in [2.45, 2.75) is 0 Å². The summed E-state index contributed by atoms with van der Waals surface area (Å²) in [7, 11) is 0. The molecule has 0 amide bonds. The van der Waals surface area contributed by atoms with Crippen molar-refractivity contribution >= 4 is 18.0 Å². The van der Waals surface area contributed by atoms with E-state index < -0.39 is 0 Å². The van der Waals surface area contributed by atoms with Gasteiger partial charge in [-0.2, -0.15) is 0 Å². The van der Waals surface area contributed by atoms with Crippen molar-refractivity contribution in [1.82, 2.24) is 4.98 Å². The lowest BCUT2D eigenvalue weighted by Crippen LogP contribution is -1.92. The van der Waals surface area contributed by atoms with Crippen LogP contribution in [0.2, 0.25) is 0 Å². The molecule has 0 atom stereocenters. The van der Waals surface area contributed by atoms with E-state index in [0.717, 1.165) is 11.1 Å². The Morgan fingerprint density at radius 1 is 0.923 bits per heavy atom. The van der Waals surface area contributed by atoms with Crippen molar-refractivity contribution in [3.63, 3.8) is 0 Å². The van der Waals surface area contributed by atoms with Gasteiger partial charge in [-0.05, 0) is 11.6 Å². The maximum absolute atomic E-state index is 5.58. The molecule has 0 aliphatic heterocycles. The normalized spacial score (nSPS) is 20.9. The molecule has 0 saturated heterocycles. The third kappa shape index (κ3) is 1.67. The van der Waals surface area contributed by atoms with Gasteiger partial charge in [-0.3, -0.25) is 0 Å². The monoisotopic (exact) mass is 170 g/mol. The largest absolute Gasteiger partial charge is 0.384 e. The highest BCUT2D eigenvalue weighted by Gasteiger charge is 1.97. The summed E-state index contributed by atoms with van der Waals surface area (Å²) in [5.74, 6) is 0.557. The molecule has 0 unspecified atom stereocenters. The van der Waals surface area contributed by atoms with Gasteiger partial charge in [0.25, 0.3) is 0 Å². The van der Waals surface area contributed by atoms with Gasteiger partial charge in [0.2, 0.25) is 0 Å². The summed E-state index contributed by atoms with van der Waals surface area (Å²) in [6.45, 7) is 0. The van der Waals surface area contributed by atoms with Gasteiger partial charge < -0.3 is 5.73 Å². The molecular weight excluding hydrogens is 160 g/mol. The van der Waals surface area contributed by atoms with E-state index in [0.29, 0.717) is 5.82 Å². The molecule has 2 heteroatoms. The van der Waals surface area contributed by atoms with E-state index in [9.17, 15) is 0 Å². The van der Waals surface area contributed by atoms with Crippen LogP contribution in [-0.2, 0) is 0 Å². The molecule has 2 rings (SSSR count). The molecule has 0 saturated carbocycles. The fourth-order valence-corrected chi connectivity index (χ4v) is 1.23.